The second-order valence-corrected chi connectivity index (χ2v) is 4.34. The zero-order valence-corrected chi connectivity index (χ0v) is 9.54. The fourth-order valence-corrected chi connectivity index (χ4v) is 2.39. The molecule has 3 heterocycles. The van der Waals surface area contributed by atoms with Gasteiger partial charge in [-0.3, -0.25) is 10.00 Å². The highest BCUT2D eigenvalue weighted by Crippen LogP contribution is 2.29. The molecule has 0 saturated carbocycles. The summed E-state index contributed by atoms with van der Waals surface area (Å²) in [4.78, 5) is 6.64. The molecule has 90 valence electrons. The topological polar surface area (TPSA) is 70.8 Å². The smallest absolute Gasteiger partial charge is 0.141 e. The Labute approximate surface area is 99.0 Å². The third-order valence-electron chi connectivity index (χ3n) is 3.22. The molecule has 0 bridgehead atoms. The van der Waals surface area contributed by atoms with Gasteiger partial charge in [0.05, 0.1) is 11.7 Å². The van der Waals surface area contributed by atoms with E-state index < -0.39 is 0 Å². The lowest BCUT2D eigenvalue weighted by atomic mass is 10.0. The predicted molar refractivity (Wildman–Crippen MR) is 59.9 cm³/mol. The highest BCUT2D eigenvalue weighted by molar-refractivity contribution is 5.00. The first-order chi connectivity index (χ1) is 8.43. The predicted octanol–water partition coefficient (Wildman–Crippen LogP) is 1.52. The van der Waals surface area contributed by atoms with Crippen molar-refractivity contribution >= 4 is 0 Å². The van der Waals surface area contributed by atoms with E-state index in [2.05, 4.69) is 25.2 Å². The summed E-state index contributed by atoms with van der Waals surface area (Å²) < 4.78 is 4.87. The minimum atomic E-state index is 0.322. The lowest BCUT2D eigenvalue weighted by Crippen LogP contribution is -2.33. The third kappa shape index (κ3) is 2.21. The molecule has 0 radical (unpaired) electrons. The van der Waals surface area contributed by atoms with Gasteiger partial charge in [0.1, 0.15) is 18.4 Å². The van der Waals surface area contributed by atoms with Gasteiger partial charge in [-0.25, -0.2) is 4.98 Å². The monoisotopic (exact) mass is 233 g/mol. The van der Waals surface area contributed by atoms with Gasteiger partial charge in [-0.1, -0.05) is 11.6 Å². The van der Waals surface area contributed by atoms with Crippen LogP contribution in [0.3, 0.4) is 0 Å². The van der Waals surface area contributed by atoms with E-state index in [9.17, 15) is 0 Å². The first-order valence-corrected chi connectivity index (χ1v) is 5.92. The summed E-state index contributed by atoms with van der Waals surface area (Å²) in [6.45, 7) is 1.88. The maximum atomic E-state index is 4.87. The molecule has 2 aromatic rings. The molecule has 1 aliphatic rings. The standard InChI is InChI=1S/C11H15N5O/c1-2-5-16(7-9-4-6-17-15-9)10(3-1)11-12-8-13-14-11/h4,6,8,10H,1-3,5,7H2,(H,12,13,14). The normalized spacial score (nSPS) is 21.8. The number of nitrogens with zero attached hydrogens (tertiary/aromatic N) is 4. The van der Waals surface area contributed by atoms with Crippen LogP contribution in [0, 0.1) is 0 Å². The Morgan fingerprint density at radius 3 is 3.24 bits per heavy atom. The summed E-state index contributed by atoms with van der Waals surface area (Å²) in [7, 11) is 0. The van der Waals surface area contributed by atoms with Crippen LogP contribution in [0.5, 0.6) is 0 Å². The minimum Gasteiger partial charge on any atom is -0.364 e. The molecule has 0 aromatic carbocycles. The molecule has 2 aromatic heterocycles. The van der Waals surface area contributed by atoms with Gasteiger partial charge in [0.15, 0.2) is 0 Å². The van der Waals surface area contributed by atoms with Gasteiger partial charge in [0, 0.05) is 12.6 Å². The number of aromatic amines is 1. The fourth-order valence-electron chi connectivity index (χ4n) is 2.39. The van der Waals surface area contributed by atoms with Crippen LogP contribution in [0.1, 0.15) is 36.8 Å². The number of nitrogens with one attached hydrogen (secondary N) is 1. The van der Waals surface area contributed by atoms with Gasteiger partial charge in [-0.15, -0.1) is 0 Å². The molecule has 1 fully saturated rings. The molecule has 17 heavy (non-hydrogen) atoms. The SMILES string of the molecule is c1n[nH]c(C2CCCCN2Cc2ccon2)n1. The molecular weight excluding hydrogens is 218 g/mol. The summed E-state index contributed by atoms with van der Waals surface area (Å²) >= 11 is 0. The number of aromatic nitrogens is 4. The van der Waals surface area contributed by atoms with E-state index in [1.807, 2.05) is 6.07 Å². The van der Waals surface area contributed by atoms with E-state index in [1.54, 1.807) is 12.6 Å². The van der Waals surface area contributed by atoms with Crippen LogP contribution in [0.2, 0.25) is 0 Å². The van der Waals surface area contributed by atoms with Crippen molar-refractivity contribution in [3.8, 4) is 0 Å². The Kier molecular flexibility index (Phi) is 2.87. The van der Waals surface area contributed by atoms with Gasteiger partial charge in [-0.2, -0.15) is 5.10 Å². The van der Waals surface area contributed by atoms with Crippen molar-refractivity contribution in [1.29, 1.82) is 0 Å². The van der Waals surface area contributed by atoms with Crippen molar-refractivity contribution < 1.29 is 4.52 Å². The van der Waals surface area contributed by atoms with Crippen molar-refractivity contribution in [3.63, 3.8) is 0 Å². The maximum absolute atomic E-state index is 4.87. The van der Waals surface area contributed by atoms with E-state index in [1.165, 1.54) is 12.8 Å². The Bertz CT molecular complexity index is 438. The molecule has 6 nitrogen and oxygen atoms in total. The Morgan fingerprint density at radius 1 is 1.47 bits per heavy atom. The average Bonchev–Trinajstić information content (AvgIpc) is 3.01. The van der Waals surface area contributed by atoms with Crippen molar-refractivity contribution in [2.75, 3.05) is 6.54 Å². The summed E-state index contributed by atoms with van der Waals surface area (Å²) in [6.07, 6.45) is 6.76. The first kappa shape index (κ1) is 10.5. The molecule has 1 unspecified atom stereocenters. The van der Waals surface area contributed by atoms with Gasteiger partial charge in [0.2, 0.25) is 0 Å². The van der Waals surface area contributed by atoms with E-state index >= 15 is 0 Å². The summed E-state index contributed by atoms with van der Waals surface area (Å²) in [5, 5.41) is 10.9. The summed E-state index contributed by atoms with van der Waals surface area (Å²) in [5.74, 6) is 0.952. The van der Waals surface area contributed by atoms with Crippen molar-refractivity contribution in [2.45, 2.75) is 31.8 Å². The number of hydrogen-bond acceptors (Lipinski definition) is 5. The van der Waals surface area contributed by atoms with Crippen LogP contribution in [0.15, 0.2) is 23.2 Å². The molecule has 3 rings (SSSR count). The molecule has 0 spiro atoms. The number of hydrogen-bond donors (Lipinski definition) is 1. The molecule has 1 atom stereocenters. The van der Waals surface area contributed by atoms with E-state index in [0.717, 1.165) is 31.0 Å². The second-order valence-electron chi connectivity index (χ2n) is 4.34. The average molecular weight is 233 g/mol. The summed E-state index contributed by atoms with van der Waals surface area (Å²) in [6, 6.07) is 2.23. The van der Waals surface area contributed by atoms with Gasteiger partial charge >= 0.3 is 0 Å². The number of piperidine rings is 1. The fraction of sp³-hybridized carbons (Fsp3) is 0.545. The molecule has 1 saturated heterocycles. The zero-order valence-electron chi connectivity index (χ0n) is 9.54. The molecule has 0 amide bonds. The zero-order chi connectivity index (χ0) is 11.5. The quantitative estimate of drug-likeness (QED) is 0.870. The molecule has 1 aliphatic heterocycles. The highest BCUT2D eigenvalue weighted by atomic mass is 16.5. The molecular formula is C11H15N5O. The van der Waals surface area contributed by atoms with Crippen LogP contribution in [0.25, 0.3) is 0 Å². The van der Waals surface area contributed by atoms with E-state index in [-0.39, 0.29) is 0 Å². The number of H-pyrrole nitrogens is 1. The van der Waals surface area contributed by atoms with Crippen LogP contribution in [-0.2, 0) is 6.54 Å². The van der Waals surface area contributed by atoms with Crippen molar-refractivity contribution in [2.24, 2.45) is 0 Å². The second kappa shape index (κ2) is 4.67. The van der Waals surface area contributed by atoms with Crippen LogP contribution < -0.4 is 0 Å². The van der Waals surface area contributed by atoms with Gasteiger partial charge in [-0.05, 0) is 19.4 Å². The molecule has 6 heteroatoms. The Morgan fingerprint density at radius 2 is 2.47 bits per heavy atom. The lowest BCUT2D eigenvalue weighted by molar-refractivity contribution is 0.130. The lowest BCUT2D eigenvalue weighted by Gasteiger charge is -2.33. The largest absolute Gasteiger partial charge is 0.364 e. The van der Waals surface area contributed by atoms with Crippen LogP contribution in [-0.4, -0.2) is 31.8 Å². The van der Waals surface area contributed by atoms with Crippen LogP contribution >= 0.6 is 0 Å². The third-order valence-corrected chi connectivity index (χ3v) is 3.22. The van der Waals surface area contributed by atoms with E-state index in [4.69, 9.17) is 4.52 Å². The van der Waals surface area contributed by atoms with E-state index in [0.29, 0.717) is 6.04 Å². The molecule has 1 N–H and O–H groups in total. The van der Waals surface area contributed by atoms with Crippen molar-refractivity contribution in [1.82, 2.24) is 25.2 Å². The molecule has 0 aliphatic carbocycles. The summed E-state index contributed by atoms with van der Waals surface area (Å²) in [5.41, 5.74) is 0.969. The Hall–Kier alpha value is -1.69. The Balaban J connectivity index is 1.76. The number of likely N-dealkylation sites (tertiary alicyclic amines) is 1. The van der Waals surface area contributed by atoms with Gasteiger partial charge < -0.3 is 4.52 Å². The maximum Gasteiger partial charge on any atom is 0.141 e. The highest BCUT2D eigenvalue weighted by Gasteiger charge is 2.26. The van der Waals surface area contributed by atoms with Crippen LogP contribution in [0.4, 0.5) is 0 Å². The first-order valence-electron chi connectivity index (χ1n) is 5.92. The van der Waals surface area contributed by atoms with Gasteiger partial charge in [0.25, 0.3) is 0 Å². The number of rotatable bonds is 3. The minimum absolute atomic E-state index is 0.322. The van der Waals surface area contributed by atoms with Crippen molar-refractivity contribution in [3.05, 3.63) is 30.2 Å².